The summed E-state index contributed by atoms with van der Waals surface area (Å²) in [6.07, 6.45) is 4.79. The monoisotopic (exact) mass is 351 g/mol. The molecule has 1 saturated heterocycles. The van der Waals surface area contributed by atoms with Crippen LogP contribution in [0.2, 0.25) is 0 Å². The molecule has 3 heterocycles. The van der Waals surface area contributed by atoms with Crippen molar-refractivity contribution in [1.82, 2.24) is 20.0 Å². The van der Waals surface area contributed by atoms with Crippen LogP contribution >= 0.6 is 0 Å². The summed E-state index contributed by atoms with van der Waals surface area (Å²) in [4.78, 5) is 7.32. The van der Waals surface area contributed by atoms with Gasteiger partial charge in [-0.15, -0.1) is 5.10 Å². The number of para-hydroxylation sites is 1. The number of aliphatic hydroxyl groups is 1. The van der Waals surface area contributed by atoms with Crippen LogP contribution in [-0.2, 0) is 13.0 Å². The maximum absolute atomic E-state index is 8.99. The van der Waals surface area contributed by atoms with Gasteiger partial charge in [-0.3, -0.25) is 4.68 Å². The highest BCUT2D eigenvalue weighted by atomic mass is 16.3. The van der Waals surface area contributed by atoms with Crippen LogP contribution in [0.5, 0.6) is 0 Å². The lowest BCUT2D eigenvalue weighted by Crippen LogP contribution is -2.36. The second-order valence-corrected chi connectivity index (χ2v) is 7.16. The minimum atomic E-state index is 0.120. The van der Waals surface area contributed by atoms with E-state index < -0.39 is 0 Å². The third-order valence-electron chi connectivity index (χ3n) is 5.20. The van der Waals surface area contributed by atoms with Crippen molar-refractivity contribution in [2.75, 3.05) is 24.6 Å². The summed E-state index contributed by atoms with van der Waals surface area (Å²) in [7, 11) is 0. The molecule has 1 aromatic carbocycles. The second kappa shape index (κ2) is 7.41. The van der Waals surface area contributed by atoms with Crippen LogP contribution in [-0.4, -0.2) is 44.8 Å². The average molecular weight is 351 g/mol. The average Bonchev–Trinajstić information content (AvgIpc) is 3.09. The van der Waals surface area contributed by atoms with Gasteiger partial charge in [0.05, 0.1) is 11.2 Å². The van der Waals surface area contributed by atoms with Crippen molar-refractivity contribution in [1.29, 1.82) is 0 Å². The maximum Gasteiger partial charge on any atom is 0.132 e. The summed E-state index contributed by atoms with van der Waals surface area (Å²) in [5.41, 5.74) is 3.17. The number of anilines is 1. The molecule has 0 bridgehead atoms. The molecule has 4 rings (SSSR count). The van der Waals surface area contributed by atoms with Crippen LogP contribution in [0.1, 0.15) is 24.1 Å². The van der Waals surface area contributed by atoms with Gasteiger partial charge in [-0.25, -0.2) is 4.98 Å². The number of piperidine rings is 1. The quantitative estimate of drug-likeness (QED) is 0.765. The SMILES string of the molecule is Cc1cc2ccccc2nc1N1CCC(Cn2cc(CCO)nn2)CC1. The number of hydrogen-bond acceptors (Lipinski definition) is 5. The number of benzene rings is 1. The zero-order chi connectivity index (χ0) is 17.9. The number of rotatable bonds is 5. The van der Waals surface area contributed by atoms with Gasteiger partial charge in [0, 0.05) is 44.2 Å². The number of hydrogen-bond donors (Lipinski definition) is 1. The van der Waals surface area contributed by atoms with Gasteiger partial charge in [-0.1, -0.05) is 23.4 Å². The Bertz CT molecular complexity index is 883. The summed E-state index contributed by atoms with van der Waals surface area (Å²) < 4.78 is 1.92. The molecule has 0 unspecified atom stereocenters. The molecular formula is C20H25N5O. The number of fused-ring (bicyclic) bond motifs is 1. The van der Waals surface area contributed by atoms with Crippen molar-refractivity contribution >= 4 is 16.7 Å². The van der Waals surface area contributed by atoms with Crippen molar-refractivity contribution in [2.45, 2.75) is 32.7 Å². The van der Waals surface area contributed by atoms with Gasteiger partial charge in [-0.05, 0) is 43.4 Å². The lowest BCUT2D eigenvalue weighted by atomic mass is 9.96. The number of pyridine rings is 1. The first-order chi connectivity index (χ1) is 12.7. The zero-order valence-corrected chi connectivity index (χ0v) is 15.2. The maximum atomic E-state index is 8.99. The van der Waals surface area contributed by atoms with E-state index in [0.29, 0.717) is 12.3 Å². The molecule has 1 aliphatic heterocycles. The lowest BCUT2D eigenvalue weighted by Gasteiger charge is -2.33. The zero-order valence-electron chi connectivity index (χ0n) is 15.2. The van der Waals surface area contributed by atoms with Crippen LogP contribution in [0, 0.1) is 12.8 Å². The Morgan fingerprint density at radius 1 is 1.19 bits per heavy atom. The minimum Gasteiger partial charge on any atom is -0.396 e. The van der Waals surface area contributed by atoms with Crippen molar-refractivity contribution in [2.24, 2.45) is 5.92 Å². The Morgan fingerprint density at radius 2 is 2.00 bits per heavy atom. The molecule has 0 amide bonds. The largest absolute Gasteiger partial charge is 0.396 e. The van der Waals surface area contributed by atoms with Crippen LogP contribution in [0.3, 0.4) is 0 Å². The number of aromatic nitrogens is 4. The molecule has 0 aliphatic carbocycles. The van der Waals surface area contributed by atoms with Crippen LogP contribution < -0.4 is 4.90 Å². The Kier molecular flexibility index (Phi) is 4.84. The first-order valence-electron chi connectivity index (χ1n) is 9.34. The third-order valence-corrected chi connectivity index (χ3v) is 5.20. The van der Waals surface area contributed by atoms with Crippen molar-refractivity contribution in [3.8, 4) is 0 Å². The predicted octanol–water partition coefficient (Wildman–Crippen LogP) is 2.59. The van der Waals surface area contributed by atoms with E-state index in [-0.39, 0.29) is 6.61 Å². The van der Waals surface area contributed by atoms with Crippen molar-refractivity contribution in [3.63, 3.8) is 0 Å². The van der Waals surface area contributed by atoms with Gasteiger partial charge in [0.1, 0.15) is 5.82 Å². The highest BCUT2D eigenvalue weighted by Crippen LogP contribution is 2.27. The normalized spacial score (nSPS) is 15.7. The van der Waals surface area contributed by atoms with E-state index in [1.807, 2.05) is 16.9 Å². The predicted molar refractivity (Wildman–Crippen MR) is 102 cm³/mol. The van der Waals surface area contributed by atoms with Crippen LogP contribution in [0.25, 0.3) is 10.9 Å². The summed E-state index contributed by atoms with van der Waals surface area (Å²) >= 11 is 0. The fourth-order valence-electron chi connectivity index (χ4n) is 3.78. The Morgan fingerprint density at radius 3 is 2.81 bits per heavy atom. The molecule has 2 aromatic heterocycles. The fourth-order valence-corrected chi connectivity index (χ4v) is 3.78. The van der Waals surface area contributed by atoms with Crippen molar-refractivity contribution in [3.05, 3.63) is 47.8 Å². The van der Waals surface area contributed by atoms with E-state index in [9.17, 15) is 0 Å². The molecule has 1 fully saturated rings. The molecule has 136 valence electrons. The summed E-state index contributed by atoms with van der Waals surface area (Å²) in [5, 5.41) is 18.5. The highest BCUT2D eigenvalue weighted by molar-refractivity contribution is 5.81. The smallest absolute Gasteiger partial charge is 0.132 e. The Balaban J connectivity index is 1.41. The number of nitrogens with zero attached hydrogens (tertiary/aromatic N) is 5. The molecule has 0 atom stereocenters. The highest BCUT2D eigenvalue weighted by Gasteiger charge is 2.22. The molecule has 6 nitrogen and oxygen atoms in total. The summed E-state index contributed by atoms with van der Waals surface area (Å²) in [5.74, 6) is 1.73. The molecule has 1 N–H and O–H groups in total. The van der Waals surface area contributed by atoms with Gasteiger partial charge in [0.2, 0.25) is 0 Å². The van der Waals surface area contributed by atoms with E-state index in [2.05, 4.69) is 46.4 Å². The number of aliphatic hydroxyl groups excluding tert-OH is 1. The van der Waals surface area contributed by atoms with Gasteiger partial charge in [0.15, 0.2) is 0 Å². The van der Waals surface area contributed by atoms with E-state index >= 15 is 0 Å². The lowest BCUT2D eigenvalue weighted by molar-refractivity contribution is 0.298. The first-order valence-corrected chi connectivity index (χ1v) is 9.34. The summed E-state index contributed by atoms with van der Waals surface area (Å²) in [6, 6.07) is 10.5. The summed E-state index contributed by atoms with van der Waals surface area (Å²) in [6.45, 7) is 5.22. The molecule has 0 spiro atoms. The Hall–Kier alpha value is -2.47. The van der Waals surface area contributed by atoms with Gasteiger partial charge >= 0.3 is 0 Å². The van der Waals surface area contributed by atoms with E-state index in [1.54, 1.807) is 0 Å². The number of aryl methyl sites for hydroxylation is 1. The molecule has 6 heteroatoms. The standard InChI is InChI=1S/C20H25N5O/c1-15-12-17-4-2-3-5-19(17)21-20(15)24-9-6-16(7-10-24)13-25-14-18(8-11-26)22-23-25/h2-5,12,14,16,26H,6-11,13H2,1H3. The molecular weight excluding hydrogens is 326 g/mol. The molecule has 0 radical (unpaired) electrons. The molecule has 1 aliphatic rings. The van der Waals surface area contributed by atoms with Crippen molar-refractivity contribution < 1.29 is 5.11 Å². The van der Waals surface area contributed by atoms with E-state index in [4.69, 9.17) is 10.1 Å². The second-order valence-electron chi connectivity index (χ2n) is 7.16. The van der Waals surface area contributed by atoms with E-state index in [0.717, 1.165) is 49.5 Å². The first kappa shape index (κ1) is 17.0. The van der Waals surface area contributed by atoms with Gasteiger partial charge in [0.25, 0.3) is 0 Å². The molecule has 3 aromatic rings. The molecule has 0 saturated carbocycles. The minimum absolute atomic E-state index is 0.120. The third kappa shape index (κ3) is 3.55. The fraction of sp³-hybridized carbons (Fsp3) is 0.450. The molecule has 26 heavy (non-hydrogen) atoms. The van der Waals surface area contributed by atoms with Gasteiger partial charge in [-0.2, -0.15) is 0 Å². The van der Waals surface area contributed by atoms with Crippen LogP contribution in [0.4, 0.5) is 5.82 Å². The Labute approximate surface area is 153 Å². The topological polar surface area (TPSA) is 67.1 Å². The van der Waals surface area contributed by atoms with E-state index in [1.165, 1.54) is 10.9 Å². The van der Waals surface area contributed by atoms with Crippen LogP contribution in [0.15, 0.2) is 36.5 Å². The van der Waals surface area contributed by atoms with Gasteiger partial charge < -0.3 is 10.0 Å².